The number of carbonyl (C=O) groups is 4. The van der Waals surface area contributed by atoms with E-state index >= 15 is 0 Å². The second kappa shape index (κ2) is 14.8. The number of piperazine rings is 1. The number of anilines is 1. The van der Waals surface area contributed by atoms with Crippen LogP contribution in [-0.4, -0.2) is 107 Å². The first-order chi connectivity index (χ1) is 22.2. The van der Waals surface area contributed by atoms with Crippen molar-refractivity contribution in [1.82, 2.24) is 25.1 Å². The van der Waals surface area contributed by atoms with Crippen molar-refractivity contribution in [1.29, 1.82) is 0 Å². The quantitative estimate of drug-likeness (QED) is 0.259. The lowest BCUT2D eigenvalue weighted by Gasteiger charge is -2.36. The minimum absolute atomic E-state index is 0.0829. The van der Waals surface area contributed by atoms with Crippen molar-refractivity contribution in [2.24, 2.45) is 17.8 Å². The Morgan fingerprint density at radius 3 is 2.26 bits per heavy atom. The largest absolute Gasteiger partial charge is 0.506 e. The number of nitrogens with one attached hydrogen (secondary N) is 1. The first-order valence-corrected chi connectivity index (χ1v) is 16.3. The SMILES string of the molecule is CCCCCCOC(=O)N1CCN(C(=O)[C@@H](NC(=O)c2cc(N3C[C@@H]4C(OC(=O)O)[C@@H]4C3)nc(-c3ccccc3)n2)C(C)C)CC1. The molecule has 3 heterocycles. The molecular weight excluding hydrogens is 592 g/mol. The highest BCUT2D eigenvalue weighted by atomic mass is 16.7. The average molecular weight is 637 g/mol. The Bertz CT molecular complexity index is 1390. The Kier molecular flexibility index (Phi) is 10.6. The zero-order valence-electron chi connectivity index (χ0n) is 26.8. The van der Waals surface area contributed by atoms with Crippen molar-refractivity contribution in [3.05, 3.63) is 42.1 Å². The van der Waals surface area contributed by atoms with Crippen molar-refractivity contribution >= 4 is 29.9 Å². The predicted octanol–water partition coefficient (Wildman–Crippen LogP) is 3.89. The number of fused-ring (bicyclic) bond motifs is 1. The van der Waals surface area contributed by atoms with Gasteiger partial charge in [-0.2, -0.15) is 0 Å². The molecule has 13 nitrogen and oxygen atoms in total. The predicted molar refractivity (Wildman–Crippen MR) is 169 cm³/mol. The second-order valence-electron chi connectivity index (χ2n) is 12.6. The summed E-state index contributed by atoms with van der Waals surface area (Å²) >= 11 is 0. The van der Waals surface area contributed by atoms with E-state index in [4.69, 9.17) is 19.6 Å². The Morgan fingerprint density at radius 1 is 0.957 bits per heavy atom. The van der Waals surface area contributed by atoms with Crippen molar-refractivity contribution in [2.45, 2.75) is 58.6 Å². The first kappa shape index (κ1) is 33.0. The first-order valence-electron chi connectivity index (χ1n) is 16.3. The molecule has 248 valence electrons. The fraction of sp³-hybridized carbons (Fsp3) is 0.576. The lowest BCUT2D eigenvalue weighted by Crippen LogP contribution is -2.57. The maximum Gasteiger partial charge on any atom is 0.506 e. The normalized spacial score (nSPS) is 21.0. The van der Waals surface area contributed by atoms with E-state index in [0.717, 1.165) is 31.2 Å². The molecule has 1 aliphatic carbocycles. The highest BCUT2D eigenvalue weighted by Crippen LogP contribution is 2.48. The number of hydrogen-bond acceptors (Lipinski definition) is 9. The number of hydrogen-bond donors (Lipinski definition) is 2. The van der Waals surface area contributed by atoms with Gasteiger partial charge in [-0.1, -0.05) is 70.4 Å². The molecule has 0 bridgehead atoms. The summed E-state index contributed by atoms with van der Waals surface area (Å²) in [5.41, 5.74) is 0.872. The molecule has 1 aromatic heterocycles. The molecule has 13 heteroatoms. The Hall–Kier alpha value is -4.42. The van der Waals surface area contributed by atoms with Crippen LogP contribution in [-0.2, 0) is 14.3 Å². The maximum absolute atomic E-state index is 13.7. The number of carboxylic acid groups (broad SMARTS) is 1. The molecule has 1 unspecified atom stereocenters. The summed E-state index contributed by atoms with van der Waals surface area (Å²) in [6.45, 7) is 8.82. The van der Waals surface area contributed by atoms with E-state index in [1.54, 1.807) is 15.9 Å². The van der Waals surface area contributed by atoms with Gasteiger partial charge < -0.3 is 34.6 Å². The number of amides is 3. The van der Waals surface area contributed by atoms with E-state index in [2.05, 4.69) is 17.2 Å². The summed E-state index contributed by atoms with van der Waals surface area (Å²) in [6.07, 6.45) is 2.16. The molecule has 2 N–H and O–H groups in total. The van der Waals surface area contributed by atoms with Gasteiger partial charge >= 0.3 is 12.2 Å². The Labute approximate surface area is 269 Å². The van der Waals surface area contributed by atoms with E-state index in [1.807, 2.05) is 49.1 Å². The standard InChI is InChI=1S/C33H44N6O7/c1-4-5-6-10-17-45-32(42)38-15-13-37(14-16-38)31(41)27(21(2)3)36-30(40)25-18-26(35-29(34-25)22-11-8-7-9-12-22)39-19-23-24(20-39)28(23)46-33(43)44/h7-9,11-12,18,21,23-24,27-28H,4-6,10,13-17,19-20H2,1-3H3,(H,36,40)(H,43,44)/t23-,24+,27-,28?/m0/s1. The highest BCUT2D eigenvalue weighted by molar-refractivity contribution is 5.97. The number of unbranched alkanes of at least 4 members (excludes halogenated alkanes) is 3. The summed E-state index contributed by atoms with van der Waals surface area (Å²) < 4.78 is 10.4. The van der Waals surface area contributed by atoms with Gasteiger partial charge in [-0.3, -0.25) is 9.59 Å². The minimum Gasteiger partial charge on any atom is -0.450 e. The molecular formula is C33H44N6O7. The minimum atomic E-state index is -1.27. The lowest BCUT2D eigenvalue weighted by atomic mass is 10.0. The van der Waals surface area contributed by atoms with Crippen LogP contribution in [0.5, 0.6) is 0 Å². The Morgan fingerprint density at radius 2 is 1.63 bits per heavy atom. The number of aromatic nitrogens is 2. The summed E-state index contributed by atoms with van der Waals surface area (Å²) in [5, 5.41) is 11.9. The molecule has 46 heavy (non-hydrogen) atoms. The van der Waals surface area contributed by atoms with Gasteiger partial charge in [0.05, 0.1) is 6.61 Å². The van der Waals surface area contributed by atoms with E-state index in [-0.39, 0.29) is 41.6 Å². The van der Waals surface area contributed by atoms with Gasteiger partial charge in [0.1, 0.15) is 23.7 Å². The molecule has 2 saturated heterocycles. The summed E-state index contributed by atoms with van der Waals surface area (Å²) in [7, 11) is 0. The average Bonchev–Trinajstić information content (AvgIpc) is 3.47. The van der Waals surface area contributed by atoms with Crippen LogP contribution in [0.3, 0.4) is 0 Å². The van der Waals surface area contributed by atoms with Crippen LogP contribution in [0, 0.1) is 17.8 Å². The van der Waals surface area contributed by atoms with Crippen molar-refractivity contribution in [2.75, 3.05) is 50.8 Å². The molecule has 1 aromatic carbocycles. The number of piperidine rings is 1. The van der Waals surface area contributed by atoms with Gasteiger partial charge in [-0.25, -0.2) is 19.6 Å². The zero-order chi connectivity index (χ0) is 32.8. The number of nitrogens with zero attached hydrogens (tertiary/aromatic N) is 5. The van der Waals surface area contributed by atoms with Crippen LogP contribution in [0.25, 0.3) is 11.4 Å². The van der Waals surface area contributed by atoms with Gasteiger partial charge in [0.2, 0.25) is 5.91 Å². The summed E-state index contributed by atoms with van der Waals surface area (Å²) in [5.74, 6) is 0.199. The molecule has 5 rings (SSSR count). The van der Waals surface area contributed by atoms with E-state index in [0.29, 0.717) is 57.5 Å². The van der Waals surface area contributed by atoms with Crippen LogP contribution in [0.4, 0.5) is 15.4 Å². The van der Waals surface area contributed by atoms with Gasteiger partial charge in [0.15, 0.2) is 5.82 Å². The molecule has 3 fully saturated rings. The number of rotatable bonds is 12. The number of ether oxygens (including phenoxy) is 2. The molecule has 3 amide bonds. The lowest BCUT2D eigenvalue weighted by molar-refractivity contribution is -0.136. The van der Waals surface area contributed by atoms with Crippen LogP contribution in [0.1, 0.15) is 56.9 Å². The third-order valence-corrected chi connectivity index (χ3v) is 8.95. The van der Waals surface area contributed by atoms with Gasteiger partial charge in [-0.15, -0.1) is 0 Å². The fourth-order valence-electron chi connectivity index (χ4n) is 6.19. The van der Waals surface area contributed by atoms with E-state index in [1.165, 1.54) is 0 Å². The molecule has 2 aromatic rings. The molecule has 0 spiro atoms. The van der Waals surface area contributed by atoms with Crippen molar-refractivity contribution < 1.29 is 33.8 Å². The molecule has 0 radical (unpaired) electrons. The van der Waals surface area contributed by atoms with Gasteiger partial charge in [0.25, 0.3) is 5.91 Å². The van der Waals surface area contributed by atoms with Crippen LogP contribution in [0.15, 0.2) is 36.4 Å². The molecule has 2 aliphatic heterocycles. The number of carbonyl (C=O) groups excluding carboxylic acids is 3. The molecule has 3 aliphatic rings. The second-order valence-corrected chi connectivity index (χ2v) is 12.6. The Balaban J connectivity index is 1.24. The third kappa shape index (κ3) is 7.86. The zero-order valence-corrected chi connectivity index (χ0v) is 26.8. The maximum atomic E-state index is 13.7. The third-order valence-electron chi connectivity index (χ3n) is 8.95. The summed E-state index contributed by atoms with van der Waals surface area (Å²) in [4.78, 5) is 65.5. The van der Waals surface area contributed by atoms with E-state index in [9.17, 15) is 19.2 Å². The van der Waals surface area contributed by atoms with Crippen LogP contribution < -0.4 is 10.2 Å². The highest BCUT2D eigenvalue weighted by Gasteiger charge is 2.59. The number of benzene rings is 1. The molecule has 1 saturated carbocycles. The topological polar surface area (TPSA) is 154 Å². The van der Waals surface area contributed by atoms with Crippen molar-refractivity contribution in [3.8, 4) is 11.4 Å². The smallest absolute Gasteiger partial charge is 0.450 e. The van der Waals surface area contributed by atoms with Crippen molar-refractivity contribution in [3.63, 3.8) is 0 Å². The fourth-order valence-corrected chi connectivity index (χ4v) is 6.19. The van der Waals surface area contributed by atoms with Crippen LogP contribution >= 0.6 is 0 Å². The molecule has 4 atom stereocenters. The monoisotopic (exact) mass is 636 g/mol. The summed E-state index contributed by atoms with van der Waals surface area (Å²) in [6, 6.07) is 10.2. The van der Waals surface area contributed by atoms with Gasteiger partial charge in [-0.05, 0) is 12.3 Å². The van der Waals surface area contributed by atoms with Gasteiger partial charge in [0, 0.05) is 62.7 Å². The van der Waals surface area contributed by atoms with Crippen LogP contribution in [0.2, 0.25) is 0 Å². The van der Waals surface area contributed by atoms with E-state index < -0.39 is 18.1 Å².